The van der Waals surface area contributed by atoms with E-state index >= 15 is 0 Å². The maximum absolute atomic E-state index is 12.6. The Labute approximate surface area is 331 Å². The predicted octanol–water partition coefficient (Wildman–Crippen LogP) is 11.3. The number of esters is 2. The van der Waals surface area contributed by atoms with Crippen molar-refractivity contribution in [1.82, 2.24) is 0 Å². The highest BCUT2D eigenvalue weighted by molar-refractivity contribution is 7.45. The topological polar surface area (TPSA) is 111 Å². The molecule has 0 aromatic rings. The summed E-state index contributed by atoms with van der Waals surface area (Å²) in [6.07, 6.45) is 41.4. The zero-order chi connectivity index (χ0) is 40.0. The van der Waals surface area contributed by atoms with Crippen LogP contribution in [0.5, 0.6) is 0 Å². The summed E-state index contributed by atoms with van der Waals surface area (Å²) < 4.78 is 33.8. The maximum Gasteiger partial charge on any atom is 0.306 e. The fourth-order valence-electron chi connectivity index (χ4n) is 5.42. The maximum atomic E-state index is 12.6. The van der Waals surface area contributed by atoms with Crippen LogP contribution in [0.4, 0.5) is 0 Å². The highest BCUT2D eigenvalue weighted by Crippen LogP contribution is 2.38. The number of likely N-dealkylation sites (N-methyl/N-ethyl adjacent to an activating group) is 1. The number of unbranched alkanes of at least 4 members (excludes halogenated alkanes) is 16. The Morgan fingerprint density at radius 2 is 1.00 bits per heavy atom. The normalized spacial score (nSPS) is 14.1. The average molecular weight is 782 g/mol. The minimum Gasteiger partial charge on any atom is -0.756 e. The molecule has 0 radical (unpaired) electrons. The highest BCUT2D eigenvalue weighted by atomic mass is 31.2. The summed E-state index contributed by atoms with van der Waals surface area (Å²) in [5.41, 5.74) is 0. The first-order valence-electron chi connectivity index (χ1n) is 21.3. The Hall–Kier alpha value is -2.03. The second-order valence-electron chi connectivity index (χ2n) is 15.3. The number of hydrogen-bond acceptors (Lipinski definition) is 8. The molecular formula is C44H80NO8P. The van der Waals surface area contributed by atoms with Crippen LogP contribution in [-0.2, 0) is 32.7 Å². The summed E-state index contributed by atoms with van der Waals surface area (Å²) in [6.45, 7) is 4.12. The Bertz CT molecular complexity index is 1070. The van der Waals surface area contributed by atoms with Crippen molar-refractivity contribution in [3.05, 3.63) is 48.6 Å². The molecule has 9 nitrogen and oxygen atoms in total. The molecule has 0 spiro atoms. The first kappa shape index (κ1) is 52.0. The Morgan fingerprint density at radius 1 is 0.574 bits per heavy atom. The quantitative estimate of drug-likeness (QED) is 0.0200. The van der Waals surface area contributed by atoms with Crippen LogP contribution in [0.2, 0.25) is 0 Å². The van der Waals surface area contributed by atoms with E-state index in [2.05, 4.69) is 62.5 Å². The summed E-state index contributed by atoms with van der Waals surface area (Å²) in [4.78, 5) is 37.5. The van der Waals surface area contributed by atoms with Crippen molar-refractivity contribution < 1.29 is 42.1 Å². The largest absolute Gasteiger partial charge is 0.756 e. The average Bonchev–Trinajstić information content (AvgIpc) is 3.12. The van der Waals surface area contributed by atoms with Crippen LogP contribution in [0.25, 0.3) is 0 Å². The molecule has 0 fully saturated rings. The lowest BCUT2D eigenvalue weighted by Crippen LogP contribution is -2.37. The molecule has 0 heterocycles. The van der Waals surface area contributed by atoms with Crippen LogP contribution in [0, 0.1) is 0 Å². The second kappa shape index (κ2) is 36.6. The van der Waals surface area contributed by atoms with E-state index in [0.29, 0.717) is 17.4 Å². The summed E-state index contributed by atoms with van der Waals surface area (Å²) in [5, 5.41) is 0. The molecule has 0 aliphatic carbocycles. The Morgan fingerprint density at radius 3 is 1.57 bits per heavy atom. The van der Waals surface area contributed by atoms with Gasteiger partial charge in [-0.25, -0.2) is 0 Å². The lowest BCUT2D eigenvalue weighted by molar-refractivity contribution is -0.870. The fourth-order valence-corrected chi connectivity index (χ4v) is 6.15. The van der Waals surface area contributed by atoms with E-state index < -0.39 is 32.5 Å². The molecule has 10 heteroatoms. The zero-order valence-corrected chi connectivity index (χ0v) is 36.0. The third-order valence-corrected chi connectivity index (χ3v) is 9.79. The van der Waals surface area contributed by atoms with Gasteiger partial charge in [0.15, 0.2) is 6.10 Å². The second-order valence-corrected chi connectivity index (χ2v) is 16.8. The molecule has 0 aromatic heterocycles. The van der Waals surface area contributed by atoms with E-state index in [0.717, 1.165) is 64.2 Å². The van der Waals surface area contributed by atoms with Crippen molar-refractivity contribution in [3.63, 3.8) is 0 Å². The van der Waals surface area contributed by atoms with Crippen LogP contribution in [0.3, 0.4) is 0 Å². The SMILES string of the molecule is CCCCC/C=C/C/C=C/C/C=C/CCCCC(=O)O[C@H](COC(=O)CCCCCCCCC/C=C/CCCCCC)COP(=O)([O-])OCC[N+](C)(C)C. The van der Waals surface area contributed by atoms with Gasteiger partial charge in [-0.05, 0) is 77.0 Å². The monoisotopic (exact) mass is 782 g/mol. The Balaban J connectivity index is 4.46. The number of carbonyl (C=O) groups is 2. The van der Waals surface area contributed by atoms with E-state index in [1.165, 1.54) is 70.6 Å². The third kappa shape index (κ3) is 39.7. The molecule has 0 N–H and O–H groups in total. The van der Waals surface area contributed by atoms with Gasteiger partial charge in [-0.2, -0.15) is 0 Å². The number of nitrogens with zero attached hydrogens (tertiary/aromatic N) is 1. The van der Waals surface area contributed by atoms with Crippen LogP contribution in [0.15, 0.2) is 48.6 Å². The summed E-state index contributed by atoms with van der Waals surface area (Å²) in [5.74, 6) is -0.887. The van der Waals surface area contributed by atoms with Gasteiger partial charge in [0, 0.05) is 12.8 Å². The molecule has 0 aliphatic heterocycles. The van der Waals surface area contributed by atoms with E-state index in [-0.39, 0.29) is 26.1 Å². The molecule has 0 amide bonds. The molecule has 0 saturated heterocycles. The molecular weight excluding hydrogens is 701 g/mol. The number of phosphoric ester groups is 1. The summed E-state index contributed by atoms with van der Waals surface area (Å²) in [6, 6.07) is 0. The summed E-state index contributed by atoms with van der Waals surface area (Å²) in [7, 11) is 1.13. The van der Waals surface area contributed by atoms with Gasteiger partial charge in [0.1, 0.15) is 19.8 Å². The molecule has 0 bridgehead atoms. The number of quaternary nitrogens is 1. The van der Waals surface area contributed by atoms with Gasteiger partial charge in [-0.1, -0.05) is 127 Å². The third-order valence-electron chi connectivity index (χ3n) is 8.82. The lowest BCUT2D eigenvalue weighted by Gasteiger charge is -2.28. The van der Waals surface area contributed by atoms with E-state index in [1.54, 1.807) is 0 Å². The highest BCUT2D eigenvalue weighted by Gasteiger charge is 2.21. The van der Waals surface area contributed by atoms with Crippen molar-refractivity contribution >= 4 is 19.8 Å². The van der Waals surface area contributed by atoms with Crippen molar-refractivity contribution in [3.8, 4) is 0 Å². The molecule has 2 atom stereocenters. The van der Waals surface area contributed by atoms with Crippen molar-refractivity contribution in [2.75, 3.05) is 47.5 Å². The predicted molar refractivity (Wildman–Crippen MR) is 222 cm³/mol. The fraction of sp³-hybridized carbons (Fsp3) is 0.773. The van der Waals surface area contributed by atoms with Gasteiger partial charge in [-0.15, -0.1) is 0 Å². The molecule has 314 valence electrons. The van der Waals surface area contributed by atoms with Crippen molar-refractivity contribution in [1.29, 1.82) is 0 Å². The van der Waals surface area contributed by atoms with E-state index in [1.807, 2.05) is 21.1 Å². The number of allylic oxidation sites excluding steroid dienone is 8. The van der Waals surface area contributed by atoms with Gasteiger partial charge in [0.2, 0.25) is 0 Å². The summed E-state index contributed by atoms with van der Waals surface area (Å²) >= 11 is 0. The van der Waals surface area contributed by atoms with Gasteiger partial charge < -0.3 is 27.9 Å². The minimum atomic E-state index is -4.63. The molecule has 0 aromatic carbocycles. The Kier molecular flexibility index (Phi) is 35.2. The zero-order valence-electron chi connectivity index (χ0n) is 35.2. The van der Waals surface area contributed by atoms with Gasteiger partial charge in [-0.3, -0.25) is 14.2 Å². The molecule has 1 unspecified atom stereocenters. The number of carbonyl (C=O) groups excluding carboxylic acids is 2. The number of phosphoric acid groups is 1. The number of rotatable bonds is 38. The van der Waals surface area contributed by atoms with Crippen molar-refractivity contribution in [2.45, 2.75) is 174 Å². The van der Waals surface area contributed by atoms with Gasteiger partial charge in [0.05, 0.1) is 27.7 Å². The minimum absolute atomic E-state index is 0.0401. The molecule has 54 heavy (non-hydrogen) atoms. The van der Waals surface area contributed by atoms with Crippen LogP contribution >= 0.6 is 7.82 Å². The molecule has 0 rings (SSSR count). The van der Waals surface area contributed by atoms with Crippen LogP contribution in [-0.4, -0.2) is 70.0 Å². The van der Waals surface area contributed by atoms with Crippen LogP contribution < -0.4 is 4.89 Å². The molecule has 0 aliphatic rings. The number of ether oxygens (including phenoxy) is 2. The van der Waals surface area contributed by atoms with E-state index in [9.17, 15) is 19.0 Å². The number of hydrogen-bond donors (Lipinski definition) is 0. The first-order chi connectivity index (χ1) is 26.0. The standard InChI is InChI=1S/C44H80NO8P/c1-6-8-10-12-14-16-18-20-22-24-26-28-30-32-34-36-43(46)50-40-42(41-52-54(48,49)51-39-38-45(3,4)5)53-44(47)37-35-33-31-29-27-25-23-21-19-17-15-13-11-9-7-2/h15-18,21,23,27,29,42H,6-14,19-20,22,24-26,28,30-41H2,1-5H3/b17-15+,18-16+,23-21+,29-27+/t42-/m1/s1. The van der Waals surface area contributed by atoms with Gasteiger partial charge >= 0.3 is 11.9 Å². The van der Waals surface area contributed by atoms with Crippen LogP contribution in [0.1, 0.15) is 168 Å². The van der Waals surface area contributed by atoms with Crippen molar-refractivity contribution in [2.24, 2.45) is 0 Å². The molecule has 0 saturated carbocycles. The van der Waals surface area contributed by atoms with Gasteiger partial charge in [0.25, 0.3) is 7.82 Å². The first-order valence-corrected chi connectivity index (χ1v) is 22.8. The van der Waals surface area contributed by atoms with E-state index in [4.69, 9.17) is 18.5 Å². The smallest absolute Gasteiger partial charge is 0.306 e. The lowest BCUT2D eigenvalue weighted by atomic mass is 10.1.